The van der Waals surface area contributed by atoms with Crippen molar-refractivity contribution in [2.45, 2.75) is 27.7 Å². The van der Waals surface area contributed by atoms with Gasteiger partial charge in [-0.05, 0) is 39.8 Å². The van der Waals surface area contributed by atoms with Crippen LogP contribution in [0.1, 0.15) is 23.9 Å². The number of aryl methyl sites for hydroxylation is 2. The Bertz CT molecular complexity index is 546. The van der Waals surface area contributed by atoms with Gasteiger partial charge in [-0.1, -0.05) is 0 Å². The normalized spacial score (nSPS) is 10.4. The predicted molar refractivity (Wildman–Crippen MR) is 73.6 cm³/mol. The van der Waals surface area contributed by atoms with Gasteiger partial charge in [0.2, 0.25) is 0 Å². The van der Waals surface area contributed by atoms with Crippen molar-refractivity contribution in [2.75, 3.05) is 11.9 Å². The number of anilines is 1. The lowest BCUT2D eigenvalue weighted by molar-refractivity contribution is 1.04. The molecule has 0 aromatic carbocycles. The second-order valence-electron chi connectivity index (χ2n) is 4.32. The fourth-order valence-corrected chi connectivity index (χ4v) is 1.70. The van der Waals surface area contributed by atoms with Gasteiger partial charge in [-0.15, -0.1) is 0 Å². The van der Waals surface area contributed by atoms with Crippen LogP contribution in [0.5, 0.6) is 0 Å². The number of pyridine rings is 1. The number of nitrogens with one attached hydrogen (secondary N) is 1. The summed E-state index contributed by atoms with van der Waals surface area (Å²) in [5, 5.41) is 3.27. The zero-order valence-corrected chi connectivity index (χ0v) is 11.3. The molecule has 0 aliphatic rings. The topological polar surface area (TPSA) is 50.7 Å². The first kappa shape index (κ1) is 12.5. The molecule has 0 saturated carbocycles. The quantitative estimate of drug-likeness (QED) is 0.899. The maximum Gasteiger partial charge on any atom is 0.163 e. The average Bonchev–Trinajstić information content (AvgIpc) is 2.36. The Labute approximate surface area is 108 Å². The van der Waals surface area contributed by atoms with Gasteiger partial charge in [0.1, 0.15) is 5.82 Å². The number of aromatic nitrogens is 3. The molecule has 0 bridgehead atoms. The van der Waals surface area contributed by atoms with Gasteiger partial charge in [0.05, 0.1) is 0 Å². The largest absolute Gasteiger partial charge is 0.370 e. The summed E-state index contributed by atoms with van der Waals surface area (Å²) < 4.78 is 0. The molecule has 2 heterocycles. The Morgan fingerprint density at radius 1 is 1.11 bits per heavy atom. The van der Waals surface area contributed by atoms with Crippen molar-refractivity contribution in [2.24, 2.45) is 0 Å². The van der Waals surface area contributed by atoms with Crippen LogP contribution in [-0.4, -0.2) is 21.5 Å². The van der Waals surface area contributed by atoms with Crippen molar-refractivity contribution >= 4 is 5.82 Å². The third-order valence-electron chi connectivity index (χ3n) is 2.90. The zero-order valence-electron chi connectivity index (χ0n) is 11.3. The van der Waals surface area contributed by atoms with Crippen LogP contribution in [0.3, 0.4) is 0 Å². The highest BCUT2D eigenvalue weighted by atomic mass is 15.0. The molecule has 0 aliphatic carbocycles. The first-order valence-corrected chi connectivity index (χ1v) is 6.14. The minimum Gasteiger partial charge on any atom is -0.370 e. The van der Waals surface area contributed by atoms with Gasteiger partial charge >= 0.3 is 0 Å². The summed E-state index contributed by atoms with van der Waals surface area (Å²) in [7, 11) is 0. The summed E-state index contributed by atoms with van der Waals surface area (Å²) in [6.45, 7) is 8.91. The molecule has 4 nitrogen and oxygen atoms in total. The van der Waals surface area contributed by atoms with E-state index >= 15 is 0 Å². The first-order chi connectivity index (χ1) is 8.61. The van der Waals surface area contributed by atoms with E-state index in [4.69, 9.17) is 0 Å². The molecule has 0 fully saturated rings. The standard InChI is InChI=1S/C14H18N4/c1-5-15-13-10(3)11(4)17-14(18-13)12-7-6-9(2)16-8-12/h6-8H,5H2,1-4H3,(H,15,17,18). The third-order valence-corrected chi connectivity index (χ3v) is 2.90. The molecule has 2 aromatic heterocycles. The van der Waals surface area contributed by atoms with Crippen LogP contribution in [0, 0.1) is 20.8 Å². The van der Waals surface area contributed by atoms with Crippen LogP contribution < -0.4 is 5.32 Å². The highest BCUT2D eigenvalue weighted by molar-refractivity contribution is 5.58. The summed E-state index contributed by atoms with van der Waals surface area (Å²) >= 11 is 0. The Morgan fingerprint density at radius 3 is 2.50 bits per heavy atom. The molecule has 18 heavy (non-hydrogen) atoms. The molecule has 0 unspecified atom stereocenters. The van der Waals surface area contributed by atoms with E-state index in [-0.39, 0.29) is 0 Å². The molecule has 0 radical (unpaired) electrons. The molecule has 0 saturated heterocycles. The Balaban J connectivity index is 2.48. The zero-order chi connectivity index (χ0) is 13.1. The van der Waals surface area contributed by atoms with Gasteiger partial charge in [0.25, 0.3) is 0 Å². The van der Waals surface area contributed by atoms with Gasteiger partial charge in [-0.3, -0.25) is 4.98 Å². The van der Waals surface area contributed by atoms with Crippen molar-refractivity contribution < 1.29 is 0 Å². The fourth-order valence-electron chi connectivity index (χ4n) is 1.70. The van der Waals surface area contributed by atoms with Gasteiger partial charge in [-0.2, -0.15) is 0 Å². The molecular weight excluding hydrogens is 224 g/mol. The molecule has 1 N–H and O–H groups in total. The number of rotatable bonds is 3. The second-order valence-corrected chi connectivity index (χ2v) is 4.32. The fraction of sp³-hybridized carbons (Fsp3) is 0.357. The van der Waals surface area contributed by atoms with E-state index in [1.807, 2.05) is 39.1 Å². The average molecular weight is 242 g/mol. The minimum atomic E-state index is 0.724. The molecule has 4 heteroatoms. The van der Waals surface area contributed by atoms with E-state index < -0.39 is 0 Å². The number of hydrogen-bond acceptors (Lipinski definition) is 4. The van der Waals surface area contributed by atoms with E-state index in [0.717, 1.165) is 40.7 Å². The first-order valence-electron chi connectivity index (χ1n) is 6.14. The van der Waals surface area contributed by atoms with E-state index in [1.54, 1.807) is 0 Å². The van der Waals surface area contributed by atoms with Crippen molar-refractivity contribution in [1.29, 1.82) is 0 Å². The lowest BCUT2D eigenvalue weighted by atomic mass is 10.2. The van der Waals surface area contributed by atoms with Crippen LogP contribution in [0.25, 0.3) is 11.4 Å². The van der Waals surface area contributed by atoms with Crippen LogP contribution in [-0.2, 0) is 0 Å². The van der Waals surface area contributed by atoms with Gasteiger partial charge in [0.15, 0.2) is 5.82 Å². The van der Waals surface area contributed by atoms with E-state index in [1.165, 1.54) is 0 Å². The van der Waals surface area contributed by atoms with Gasteiger partial charge in [-0.25, -0.2) is 9.97 Å². The van der Waals surface area contributed by atoms with Gasteiger partial charge < -0.3 is 5.32 Å². The smallest absolute Gasteiger partial charge is 0.163 e. The maximum absolute atomic E-state index is 4.56. The summed E-state index contributed by atoms with van der Waals surface area (Å²) in [5.74, 6) is 1.63. The summed E-state index contributed by atoms with van der Waals surface area (Å²) in [6, 6.07) is 3.98. The maximum atomic E-state index is 4.56. The van der Waals surface area contributed by atoms with E-state index in [9.17, 15) is 0 Å². The summed E-state index contributed by atoms with van der Waals surface area (Å²) in [4.78, 5) is 13.4. The SMILES string of the molecule is CCNc1nc(-c2ccc(C)nc2)nc(C)c1C. The van der Waals surface area contributed by atoms with Crippen LogP contribution in [0.2, 0.25) is 0 Å². The molecular formula is C14H18N4. The molecule has 0 atom stereocenters. The van der Waals surface area contributed by atoms with Crippen LogP contribution in [0.15, 0.2) is 18.3 Å². The molecule has 0 amide bonds. The van der Waals surface area contributed by atoms with Crippen molar-refractivity contribution in [3.05, 3.63) is 35.3 Å². The second kappa shape index (κ2) is 5.12. The molecule has 0 aliphatic heterocycles. The predicted octanol–water partition coefficient (Wildman–Crippen LogP) is 2.90. The Hall–Kier alpha value is -1.97. The summed E-state index contributed by atoms with van der Waals surface area (Å²) in [5.41, 5.74) is 4.04. The lowest BCUT2D eigenvalue weighted by Crippen LogP contribution is -2.06. The number of hydrogen-bond donors (Lipinski definition) is 1. The van der Waals surface area contributed by atoms with Crippen molar-refractivity contribution in [3.63, 3.8) is 0 Å². The third kappa shape index (κ3) is 2.47. The molecule has 2 aromatic rings. The van der Waals surface area contributed by atoms with Crippen LogP contribution in [0.4, 0.5) is 5.82 Å². The number of nitrogens with zero attached hydrogens (tertiary/aromatic N) is 3. The molecule has 2 rings (SSSR count). The van der Waals surface area contributed by atoms with Gasteiger partial charge in [0, 0.05) is 35.3 Å². The van der Waals surface area contributed by atoms with Crippen molar-refractivity contribution in [3.8, 4) is 11.4 Å². The highest BCUT2D eigenvalue weighted by Gasteiger charge is 2.09. The van der Waals surface area contributed by atoms with E-state index in [2.05, 4.69) is 27.2 Å². The minimum absolute atomic E-state index is 0.724. The molecule has 94 valence electrons. The molecule has 0 spiro atoms. The van der Waals surface area contributed by atoms with Crippen molar-refractivity contribution in [1.82, 2.24) is 15.0 Å². The lowest BCUT2D eigenvalue weighted by Gasteiger charge is -2.11. The summed E-state index contributed by atoms with van der Waals surface area (Å²) in [6.07, 6.45) is 1.81. The monoisotopic (exact) mass is 242 g/mol. The Kier molecular flexibility index (Phi) is 3.55. The van der Waals surface area contributed by atoms with E-state index in [0.29, 0.717) is 0 Å². The Morgan fingerprint density at radius 2 is 1.89 bits per heavy atom. The highest BCUT2D eigenvalue weighted by Crippen LogP contribution is 2.21. The van der Waals surface area contributed by atoms with Crippen LogP contribution >= 0.6 is 0 Å².